The van der Waals surface area contributed by atoms with Crippen LogP contribution in [0.4, 0.5) is 0 Å². The molecule has 4 nitrogen and oxygen atoms in total. The molecule has 86 valence electrons. The van der Waals surface area contributed by atoms with Crippen LogP contribution in [-0.2, 0) is 14.3 Å². The van der Waals surface area contributed by atoms with Gasteiger partial charge in [-0.15, -0.1) is 6.58 Å². The molecular formula is C11H19NO3. The lowest BCUT2D eigenvalue weighted by atomic mass is 9.87. The minimum atomic E-state index is -0.597. The molecule has 1 rings (SSSR count). The SMILES string of the molecule is C=CCNC1(C(=O)OC)CCOC(C)C1. The normalized spacial score (nSPS) is 30.9. The summed E-state index contributed by atoms with van der Waals surface area (Å²) in [7, 11) is 1.42. The van der Waals surface area contributed by atoms with E-state index < -0.39 is 5.54 Å². The molecule has 1 N–H and O–H groups in total. The van der Waals surface area contributed by atoms with Crippen molar-refractivity contribution < 1.29 is 14.3 Å². The number of carbonyl (C=O) groups is 1. The summed E-state index contributed by atoms with van der Waals surface area (Å²) in [6.45, 7) is 6.78. The second-order valence-electron chi connectivity index (χ2n) is 3.88. The Bertz CT molecular complexity index is 242. The van der Waals surface area contributed by atoms with Gasteiger partial charge in [0.05, 0.1) is 13.2 Å². The molecule has 0 aromatic carbocycles. The van der Waals surface area contributed by atoms with E-state index in [1.807, 2.05) is 6.92 Å². The van der Waals surface area contributed by atoms with Crippen molar-refractivity contribution in [1.82, 2.24) is 5.32 Å². The lowest BCUT2D eigenvalue weighted by Crippen LogP contribution is -2.57. The fraction of sp³-hybridized carbons (Fsp3) is 0.727. The van der Waals surface area contributed by atoms with Crippen LogP contribution in [0, 0.1) is 0 Å². The van der Waals surface area contributed by atoms with Crippen LogP contribution in [0.1, 0.15) is 19.8 Å². The zero-order chi connectivity index (χ0) is 11.3. The van der Waals surface area contributed by atoms with Crippen LogP contribution in [0.15, 0.2) is 12.7 Å². The van der Waals surface area contributed by atoms with Crippen LogP contribution >= 0.6 is 0 Å². The average Bonchev–Trinajstić information content (AvgIpc) is 2.25. The summed E-state index contributed by atoms with van der Waals surface area (Å²) in [6, 6.07) is 0. The molecule has 2 unspecified atom stereocenters. The van der Waals surface area contributed by atoms with Crippen molar-refractivity contribution in [3.63, 3.8) is 0 Å². The topological polar surface area (TPSA) is 47.6 Å². The highest BCUT2D eigenvalue weighted by Gasteiger charge is 2.42. The predicted molar refractivity (Wildman–Crippen MR) is 57.6 cm³/mol. The monoisotopic (exact) mass is 213 g/mol. The highest BCUT2D eigenvalue weighted by atomic mass is 16.5. The number of hydrogen-bond acceptors (Lipinski definition) is 4. The van der Waals surface area contributed by atoms with Gasteiger partial charge in [0.2, 0.25) is 0 Å². The third-order valence-electron chi connectivity index (χ3n) is 2.73. The van der Waals surface area contributed by atoms with E-state index in [1.165, 1.54) is 7.11 Å². The molecule has 1 aliphatic heterocycles. The van der Waals surface area contributed by atoms with Crippen molar-refractivity contribution in [2.24, 2.45) is 0 Å². The number of carbonyl (C=O) groups excluding carboxylic acids is 1. The molecule has 2 atom stereocenters. The molecule has 15 heavy (non-hydrogen) atoms. The Morgan fingerprint density at radius 1 is 1.80 bits per heavy atom. The van der Waals surface area contributed by atoms with E-state index in [1.54, 1.807) is 6.08 Å². The van der Waals surface area contributed by atoms with Crippen LogP contribution in [0.3, 0.4) is 0 Å². The minimum absolute atomic E-state index is 0.0789. The Labute approximate surface area is 90.6 Å². The first-order valence-corrected chi connectivity index (χ1v) is 5.20. The van der Waals surface area contributed by atoms with E-state index in [2.05, 4.69) is 11.9 Å². The van der Waals surface area contributed by atoms with Gasteiger partial charge in [-0.3, -0.25) is 10.1 Å². The standard InChI is InChI=1S/C11H19NO3/c1-4-6-12-11(10(13)14-3)5-7-15-9(2)8-11/h4,9,12H,1,5-8H2,2-3H3. The maximum atomic E-state index is 11.8. The zero-order valence-corrected chi connectivity index (χ0v) is 9.41. The number of esters is 1. The van der Waals surface area contributed by atoms with E-state index in [0.717, 1.165) is 0 Å². The molecule has 0 saturated carbocycles. The van der Waals surface area contributed by atoms with E-state index in [9.17, 15) is 4.79 Å². The van der Waals surface area contributed by atoms with E-state index in [-0.39, 0.29) is 12.1 Å². The van der Waals surface area contributed by atoms with Crippen LogP contribution in [0.5, 0.6) is 0 Å². The lowest BCUT2D eigenvalue weighted by molar-refractivity contribution is -0.155. The Morgan fingerprint density at radius 2 is 2.53 bits per heavy atom. The molecule has 4 heteroatoms. The molecular weight excluding hydrogens is 194 g/mol. The quantitative estimate of drug-likeness (QED) is 0.556. The van der Waals surface area contributed by atoms with Crippen molar-refractivity contribution in [1.29, 1.82) is 0 Å². The van der Waals surface area contributed by atoms with E-state index in [0.29, 0.717) is 26.0 Å². The second kappa shape index (κ2) is 5.28. The van der Waals surface area contributed by atoms with Gasteiger partial charge < -0.3 is 9.47 Å². The first-order chi connectivity index (χ1) is 7.14. The molecule has 0 amide bonds. The van der Waals surface area contributed by atoms with Gasteiger partial charge in [-0.25, -0.2) is 0 Å². The van der Waals surface area contributed by atoms with Crippen molar-refractivity contribution >= 4 is 5.97 Å². The average molecular weight is 213 g/mol. The minimum Gasteiger partial charge on any atom is -0.468 e. The molecule has 1 fully saturated rings. The molecule has 1 saturated heterocycles. The summed E-state index contributed by atoms with van der Waals surface area (Å²) >= 11 is 0. The lowest BCUT2D eigenvalue weighted by Gasteiger charge is -2.38. The summed E-state index contributed by atoms with van der Waals surface area (Å²) in [5.41, 5.74) is -0.597. The zero-order valence-electron chi connectivity index (χ0n) is 9.41. The van der Waals surface area contributed by atoms with Crippen LogP contribution < -0.4 is 5.32 Å². The van der Waals surface area contributed by atoms with Gasteiger partial charge in [0.25, 0.3) is 0 Å². The molecule has 0 radical (unpaired) electrons. The van der Waals surface area contributed by atoms with Crippen LogP contribution in [-0.4, -0.2) is 37.9 Å². The van der Waals surface area contributed by atoms with Gasteiger partial charge in [0.1, 0.15) is 5.54 Å². The van der Waals surface area contributed by atoms with Gasteiger partial charge >= 0.3 is 5.97 Å². The van der Waals surface area contributed by atoms with Crippen molar-refractivity contribution in [3.8, 4) is 0 Å². The van der Waals surface area contributed by atoms with Gasteiger partial charge in [-0.1, -0.05) is 6.08 Å². The number of ether oxygens (including phenoxy) is 2. The van der Waals surface area contributed by atoms with E-state index in [4.69, 9.17) is 9.47 Å². The highest BCUT2D eigenvalue weighted by Crippen LogP contribution is 2.26. The Balaban J connectivity index is 2.74. The summed E-state index contributed by atoms with van der Waals surface area (Å²) in [5, 5.41) is 3.19. The Hall–Kier alpha value is -0.870. The molecule has 0 aliphatic carbocycles. The molecule has 1 aliphatic rings. The second-order valence-corrected chi connectivity index (χ2v) is 3.88. The molecule has 0 spiro atoms. The van der Waals surface area contributed by atoms with E-state index >= 15 is 0 Å². The smallest absolute Gasteiger partial charge is 0.326 e. The maximum absolute atomic E-state index is 11.8. The molecule has 0 aromatic rings. The summed E-state index contributed by atoms with van der Waals surface area (Å²) < 4.78 is 10.3. The molecule has 0 bridgehead atoms. The third kappa shape index (κ3) is 2.79. The Kier molecular flexibility index (Phi) is 4.29. The van der Waals surface area contributed by atoms with Crippen LogP contribution in [0.25, 0.3) is 0 Å². The maximum Gasteiger partial charge on any atom is 0.326 e. The van der Waals surface area contributed by atoms with Gasteiger partial charge in [-0.2, -0.15) is 0 Å². The summed E-state index contributed by atoms with van der Waals surface area (Å²) in [6.07, 6.45) is 3.12. The molecule has 0 aromatic heterocycles. The van der Waals surface area contributed by atoms with Crippen molar-refractivity contribution in [2.45, 2.75) is 31.4 Å². The van der Waals surface area contributed by atoms with Gasteiger partial charge in [0, 0.05) is 19.6 Å². The number of hydrogen-bond donors (Lipinski definition) is 1. The number of rotatable bonds is 4. The highest BCUT2D eigenvalue weighted by molar-refractivity contribution is 5.81. The first-order valence-electron chi connectivity index (χ1n) is 5.20. The van der Waals surface area contributed by atoms with Gasteiger partial charge in [-0.05, 0) is 13.3 Å². The summed E-state index contributed by atoms with van der Waals surface area (Å²) in [4.78, 5) is 11.8. The largest absolute Gasteiger partial charge is 0.468 e. The predicted octanol–water partition coefficient (Wildman–Crippen LogP) is 0.873. The summed E-state index contributed by atoms with van der Waals surface area (Å²) in [5.74, 6) is -0.209. The van der Waals surface area contributed by atoms with Crippen LogP contribution in [0.2, 0.25) is 0 Å². The third-order valence-corrected chi connectivity index (χ3v) is 2.73. The molecule has 1 heterocycles. The fourth-order valence-electron chi connectivity index (χ4n) is 1.97. The first kappa shape index (κ1) is 12.2. The van der Waals surface area contributed by atoms with Crippen molar-refractivity contribution in [2.75, 3.05) is 20.3 Å². The number of nitrogens with one attached hydrogen (secondary N) is 1. The number of methoxy groups -OCH3 is 1. The Morgan fingerprint density at radius 3 is 3.07 bits per heavy atom. The van der Waals surface area contributed by atoms with Crippen molar-refractivity contribution in [3.05, 3.63) is 12.7 Å². The fourth-order valence-corrected chi connectivity index (χ4v) is 1.97. The van der Waals surface area contributed by atoms with Gasteiger partial charge in [0.15, 0.2) is 0 Å².